The molecule has 0 saturated carbocycles. The number of carbonyl (C=O) groups excluding carboxylic acids is 2. The molecule has 2 aliphatic heterocycles. The summed E-state index contributed by atoms with van der Waals surface area (Å²) in [5, 5.41) is 4.38. The van der Waals surface area contributed by atoms with Crippen molar-refractivity contribution in [3.05, 3.63) is 69.2 Å². The molecule has 1 aromatic heterocycles. The van der Waals surface area contributed by atoms with Crippen molar-refractivity contribution in [3.63, 3.8) is 0 Å². The fourth-order valence-electron chi connectivity index (χ4n) is 4.79. The highest BCUT2D eigenvalue weighted by Gasteiger charge is 2.47. The third-order valence-electron chi connectivity index (χ3n) is 6.79. The number of thioether (sulfide) groups is 1. The van der Waals surface area contributed by atoms with E-state index in [-0.39, 0.29) is 34.6 Å². The molecule has 3 heterocycles. The molecule has 0 unspecified atom stereocenters. The molecule has 0 N–H and O–H groups in total. The van der Waals surface area contributed by atoms with Crippen LogP contribution < -0.4 is 0 Å². The van der Waals surface area contributed by atoms with Crippen molar-refractivity contribution in [2.24, 2.45) is 0 Å². The zero-order chi connectivity index (χ0) is 27.4. The molecular weight excluding hydrogens is 544 g/mol. The minimum absolute atomic E-state index is 0.00679. The summed E-state index contributed by atoms with van der Waals surface area (Å²) < 4.78 is 56.7. The minimum Gasteiger partial charge on any atom is -0.296 e. The number of alkyl halides is 4. The van der Waals surface area contributed by atoms with Crippen LogP contribution in [0.2, 0.25) is 5.02 Å². The van der Waals surface area contributed by atoms with Crippen LogP contribution in [-0.4, -0.2) is 62.1 Å². The quantitative estimate of drug-likeness (QED) is 0.271. The molecule has 5 rings (SSSR count). The van der Waals surface area contributed by atoms with E-state index in [1.54, 1.807) is 24.3 Å². The number of likely N-dealkylation sites (tertiary alicyclic amines) is 1. The van der Waals surface area contributed by atoms with Crippen molar-refractivity contribution in [2.75, 3.05) is 13.1 Å². The van der Waals surface area contributed by atoms with E-state index in [1.807, 2.05) is 18.7 Å². The zero-order valence-corrected chi connectivity index (χ0v) is 21.9. The second-order valence-electron chi connectivity index (χ2n) is 9.60. The Labute approximate surface area is 225 Å². The van der Waals surface area contributed by atoms with E-state index in [0.717, 1.165) is 22.7 Å². The lowest BCUT2D eigenvalue weighted by molar-refractivity contribution is -0.138. The van der Waals surface area contributed by atoms with Crippen molar-refractivity contribution in [3.8, 4) is 0 Å². The predicted molar refractivity (Wildman–Crippen MR) is 138 cm³/mol. The molecular formula is C26H23ClF4N4O2S. The second kappa shape index (κ2) is 10.0. The number of benzene rings is 2. The molecule has 0 spiro atoms. The summed E-state index contributed by atoms with van der Waals surface area (Å²) in [5.74, 6) is -0.531. The van der Waals surface area contributed by atoms with Gasteiger partial charge in [0.2, 0.25) is 0 Å². The molecule has 2 aromatic carbocycles. The van der Waals surface area contributed by atoms with Gasteiger partial charge < -0.3 is 0 Å². The van der Waals surface area contributed by atoms with E-state index >= 15 is 0 Å². The van der Waals surface area contributed by atoms with E-state index in [0.29, 0.717) is 23.0 Å². The maximum absolute atomic E-state index is 14.7. The second-order valence-corrected chi connectivity index (χ2v) is 11.0. The van der Waals surface area contributed by atoms with Gasteiger partial charge in [0.15, 0.2) is 0 Å². The molecule has 6 nitrogen and oxygen atoms in total. The number of imide groups is 1. The first-order chi connectivity index (χ1) is 17.9. The monoisotopic (exact) mass is 566 g/mol. The molecule has 12 heteroatoms. The molecule has 2 saturated heterocycles. The summed E-state index contributed by atoms with van der Waals surface area (Å²) in [5.41, 5.74) is 0.407. The van der Waals surface area contributed by atoms with Crippen LogP contribution in [0.1, 0.15) is 30.5 Å². The first-order valence-corrected chi connectivity index (χ1v) is 13.1. The Kier molecular flexibility index (Phi) is 7.04. The van der Waals surface area contributed by atoms with E-state index in [1.165, 1.54) is 23.0 Å². The number of nitrogens with zero attached hydrogens (tertiary/aromatic N) is 4. The number of hydrogen-bond donors (Lipinski definition) is 0. The SMILES string of the molecule is CC(C)N1C[C@@H](N2C(=O)SC(=Cc3ccc4c(cnn4Cc4ccc(Cl)cc4C(F)(F)F)c3)C2=O)[C@@H](F)C1. The largest absolute Gasteiger partial charge is 0.416 e. The maximum Gasteiger partial charge on any atom is 0.416 e. The molecule has 3 aromatic rings. The highest BCUT2D eigenvalue weighted by molar-refractivity contribution is 8.18. The Morgan fingerprint density at radius 3 is 2.61 bits per heavy atom. The lowest BCUT2D eigenvalue weighted by Gasteiger charge is -2.23. The number of rotatable bonds is 5. The van der Waals surface area contributed by atoms with Crippen molar-refractivity contribution < 1.29 is 27.2 Å². The third-order valence-corrected chi connectivity index (χ3v) is 7.91. The van der Waals surface area contributed by atoms with E-state index < -0.39 is 35.1 Å². The summed E-state index contributed by atoms with van der Waals surface area (Å²) in [6.07, 6.45) is -2.79. The molecule has 0 bridgehead atoms. The standard InChI is InChI=1S/C26H23ClF4N4O2S/c1-14(2)33-12-20(28)22(13-33)35-24(36)23(38-25(35)37)8-15-3-6-21-17(7-15)10-32-34(21)11-16-4-5-18(27)9-19(16)26(29,30)31/h3-10,14,20,22H,11-13H2,1-2H3/t20-,22+/m0/s1. The smallest absolute Gasteiger partial charge is 0.296 e. The summed E-state index contributed by atoms with van der Waals surface area (Å²) in [7, 11) is 0. The van der Waals surface area contributed by atoms with Gasteiger partial charge in [-0.15, -0.1) is 0 Å². The van der Waals surface area contributed by atoms with Gasteiger partial charge in [-0.2, -0.15) is 18.3 Å². The topological polar surface area (TPSA) is 58.4 Å². The number of aromatic nitrogens is 2. The van der Waals surface area contributed by atoms with Crippen LogP contribution in [0.15, 0.2) is 47.5 Å². The molecule has 200 valence electrons. The van der Waals surface area contributed by atoms with Crippen LogP contribution in [0, 0.1) is 0 Å². The normalized spacial score (nSPS) is 22.1. The van der Waals surface area contributed by atoms with Gasteiger partial charge in [-0.05, 0) is 67.1 Å². The lowest BCUT2D eigenvalue weighted by atomic mass is 10.1. The fraction of sp³-hybridized carbons (Fsp3) is 0.346. The average Bonchev–Trinajstić information content (AvgIpc) is 3.50. The van der Waals surface area contributed by atoms with E-state index in [2.05, 4.69) is 5.10 Å². The van der Waals surface area contributed by atoms with Crippen molar-refractivity contribution >= 4 is 51.5 Å². The lowest BCUT2D eigenvalue weighted by Crippen LogP contribution is -2.44. The summed E-state index contributed by atoms with van der Waals surface area (Å²) in [6.45, 7) is 4.22. The Balaban J connectivity index is 1.38. The van der Waals surface area contributed by atoms with E-state index in [9.17, 15) is 27.2 Å². The van der Waals surface area contributed by atoms with Crippen LogP contribution >= 0.6 is 23.4 Å². The Morgan fingerprint density at radius 1 is 1.16 bits per heavy atom. The average molecular weight is 567 g/mol. The van der Waals surface area contributed by atoms with Crippen LogP contribution in [0.25, 0.3) is 17.0 Å². The van der Waals surface area contributed by atoms with Gasteiger partial charge in [0.25, 0.3) is 11.1 Å². The van der Waals surface area contributed by atoms with Gasteiger partial charge in [0.05, 0.1) is 34.8 Å². The number of amides is 2. The van der Waals surface area contributed by atoms with Crippen LogP contribution in [0.4, 0.5) is 22.4 Å². The van der Waals surface area contributed by atoms with Crippen LogP contribution in [0.5, 0.6) is 0 Å². The molecule has 2 fully saturated rings. The highest BCUT2D eigenvalue weighted by Crippen LogP contribution is 2.37. The molecule has 2 atom stereocenters. The highest BCUT2D eigenvalue weighted by atomic mass is 35.5. The van der Waals surface area contributed by atoms with Gasteiger partial charge in [0.1, 0.15) is 6.17 Å². The van der Waals surface area contributed by atoms with Gasteiger partial charge in [-0.3, -0.25) is 24.1 Å². The molecule has 0 aliphatic carbocycles. The van der Waals surface area contributed by atoms with E-state index in [4.69, 9.17) is 11.6 Å². The number of fused-ring (bicyclic) bond motifs is 1. The molecule has 38 heavy (non-hydrogen) atoms. The third kappa shape index (κ3) is 5.06. The number of halogens is 5. The maximum atomic E-state index is 14.7. The first kappa shape index (κ1) is 26.7. The Bertz CT molecular complexity index is 1450. The van der Waals surface area contributed by atoms with Crippen molar-refractivity contribution in [1.29, 1.82) is 0 Å². The number of carbonyl (C=O) groups is 2. The summed E-state index contributed by atoms with van der Waals surface area (Å²) >= 11 is 6.55. The molecule has 2 amide bonds. The molecule has 2 aliphatic rings. The number of hydrogen-bond acceptors (Lipinski definition) is 5. The first-order valence-electron chi connectivity index (χ1n) is 11.9. The van der Waals surface area contributed by atoms with Crippen LogP contribution in [-0.2, 0) is 17.5 Å². The zero-order valence-electron chi connectivity index (χ0n) is 20.4. The predicted octanol–water partition coefficient (Wildman–Crippen LogP) is 6.22. The fourth-order valence-corrected chi connectivity index (χ4v) is 5.85. The van der Waals surface area contributed by atoms with Gasteiger partial charge in [-0.1, -0.05) is 23.7 Å². The minimum atomic E-state index is -4.56. The Hall–Kier alpha value is -2.89. The van der Waals surface area contributed by atoms with Gasteiger partial charge >= 0.3 is 6.18 Å². The van der Waals surface area contributed by atoms with Crippen molar-refractivity contribution in [1.82, 2.24) is 19.6 Å². The Morgan fingerprint density at radius 2 is 1.92 bits per heavy atom. The molecule has 0 radical (unpaired) electrons. The summed E-state index contributed by atoms with van der Waals surface area (Å²) in [6, 6.07) is 8.01. The van der Waals surface area contributed by atoms with Gasteiger partial charge in [0, 0.05) is 29.5 Å². The summed E-state index contributed by atoms with van der Waals surface area (Å²) in [4.78, 5) is 28.8. The van der Waals surface area contributed by atoms with Crippen molar-refractivity contribution in [2.45, 2.75) is 44.8 Å². The van der Waals surface area contributed by atoms with Gasteiger partial charge in [-0.25, -0.2) is 4.39 Å². The van der Waals surface area contributed by atoms with Crippen LogP contribution in [0.3, 0.4) is 0 Å².